The molecule has 0 bridgehead atoms. The molecule has 0 aliphatic heterocycles. The highest BCUT2D eigenvalue weighted by Gasteiger charge is 2.41. The third-order valence-corrected chi connectivity index (χ3v) is 3.80. The van der Waals surface area contributed by atoms with Crippen molar-refractivity contribution in [1.82, 2.24) is 10.6 Å². The molecule has 0 fully saturated rings. The molecule has 0 rings (SSSR count). The monoisotopic (exact) mass is 450 g/mol. The molecule has 174 valence electrons. The van der Waals surface area contributed by atoms with Crippen molar-refractivity contribution < 1.29 is 64.2 Å². The molecular weight excluding hydrogens is 428 g/mol. The predicted octanol–water partition coefficient (Wildman–Crippen LogP) is -3.46. The van der Waals surface area contributed by atoms with Gasteiger partial charge >= 0.3 is 23.9 Å². The molecule has 31 heavy (non-hydrogen) atoms. The van der Waals surface area contributed by atoms with Crippen LogP contribution in [0.5, 0.6) is 0 Å². The van der Waals surface area contributed by atoms with Crippen LogP contribution in [-0.4, -0.2) is 96.4 Å². The van der Waals surface area contributed by atoms with Gasteiger partial charge in [0, 0.05) is 13.0 Å². The Balaban J connectivity index is 4.49. The molecule has 0 aromatic rings. The largest absolute Gasteiger partial charge is 0.481 e. The number of hydrogen-bond donors (Lipinski definition) is 8. The zero-order chi connectivity index (χ0) is 24.4. The van der Waals surface area contributed by atoms with Crippen LogP contribution in [0, 0.1) is 0 Å². The molecule has 8 N–H and O–H groups in total. The van der Waals surface area contributed by atoms with E-state index in [-0.39, 0.29) is 13.0 Å². The van der Waals surface area contributed by atoms with E-state index >= 15 is 0 Å². The van der Waals surface area contributed by atoms with Crippen molar-refractivity contribution in [2.24, 2.45) is 0 Å². The number of carbonyl (C=O) groups excluding carboxylic acids is 3. The Morgan fingerprint density at radius 1 is 0.613 bits per heavy atom. The van der Waals surface area contributed by atoms with Crippen LogP contribution in [0.3, 0.4) is 0 Å². The van der Waals surface area contributed by atoms with Crippen molar-refractivity contribution in [2.45, 2.75) is 43.3 Å². The van der Waals surface area contributed by atoms with Gasteiger partial charge in [0.1, 0.15) is 0 Å². The van der Waals surface area contributed by atoms with Gasteiger partial charge in [0.25, 0.3) is 0 Å². The van der Waals surface area contributed by atoms with Gasteiger partial charge in [-0.25, -0.2) is 9.59 Å². The summed E-state index contributed by atoms with van der Waals surface area (Å²) in [4.78, 5) is 78.1. The summed E-state index contributed by atoms with van der Waals surface area (Å²) in [6, 6.07) is 0. The van der Waals surface area contributed by atoms with E-state index in [1.807, 2.05) is 5.32 Å². The van der Waals surface area contributed by atoms with Crippen molar-refractivity contribution >= 4 is 41.5 Å². The van der Waals surface area contributed by atoms with Crippen LogP contribution in [0.2, 0.25) is 0 Å². The maximum absolute atomic E-state index is 11.7. The van der Waals surface area contributed by atoms with Gasteiger partial charge in [-0.05, 0) is 0 Å². The number of rotatable bonds is 15. The lowest BCUT2D eigenvalue weighted by Gasteiger charge is -2.21. The van der Waals surface area contributed by atoms with E-state index in [2.05, 4.69) is 5.32 Å². The molecule has 0 aliphatic rings. The number of carboxylic acid groups (broad SMARTS) is 4. The SMILES string of the molecule is O=C(O)C[C@](O)(CC(=O)NCCC(=O)CNC(=O)C[C@@](O)(CC(=O)O)C(=O)O)C(=O)O. The van der Waals surface area contributed by atoms with Crippen molar-refractivity contribution in [1.29, 1.82) is 0 Å². The van der Waals surface area contributed by atoms with Gasteiger partial charge < -0.3 is 41.3 Å². The fourth-order valence-electron chi connectivity index (χ4n) is 2.21. The van der Waals surface area contributed by atoms with E-state index < -0.39 is 84.9 Å². The lowest BCUT2D eigenvalue weighted by Crippen LogP contribution is -2.46. The molecule has 0 heterocycles. The van der Waals surface area contributed by atoms with E-state index in [1.165, 1.54) is 0 Å². The third kappa shape index (κ3) is 10.1. The Morgan fingerprint density at radius 3 is 1.35 bits per heavy atom. The standard InChI is InChI=1S/C16H22N2O13/c19-8(7-18-10(21)4-16(31,14(28)29)6-12(24)25)1-2-17-9(20)3-15(30,13(26)27)5-11(22)23/h30-31H,1-7H2,(H,17,20)(H,18,21)(H,22,23)(H,24,25)(H,26,27)(H,28,29)/t15-,16-/m1/s1. The number of aliphatic hydroxyl groups is 2. The number of hydrogen-bond acceptors (Lipinski definition) is 9. The molecule has 0 saturated heterocycles. The Hall–Kier alpha value is -3.59. The minimum absolute atomic E-state index is 0.353. The highest BCUT2D eigenvalue weighted by atomic mass is 16.4. The minimum Gasteiger partial charge on any atom is -0.481 e. The summed E-state index contributed by atoms with van der Waals surface area (Å²) in [7, 11) is 0. The molecule has 0 aromatic carbocycles. The molecule has 15 nitrogen and oxygen atoms in total. The number of Topliss-reactive ketones (excluding diaryl/α,β-unsaturated/α-hetero) is 1. The van der Waals surface area contributed by atoms with Crippen LogP contribution >= 0.6 is 0 Å². The summed E-state index contributed by atoms with van der Waals surface area (Å²) in [6.07, 6.45) is -5.08. The quantitative estimate of drug-likeness (QED) is 0.121. The lowest BCUT2D eigenvalue weighted by atomic mass is 9.95. The normalized spacial score (nSPS) is 14.4. The molecule has 0 radical (unpaired) electrons. The summed E-state index contributed by atoms with van der Waals surface area (Å²) in [5, 5.41) is 58.4. The van der Waals surface area contributed by atoms with Crippen molar-refractivity contribution in [2.75, 3.05) is 13.1 Å². The molecule has 0 unspecified atom stereocenters. The Labute approximate surface area is 173 Å². The second-order valence-corrected chi connectivity index (χ2v) is 6.58. The Morgan fingerprint density at radius 2 is 1.00 bits per heavy atom. The molecule has 0 saturated carbocycles. The molecule has 0 aliphatic carbocycles. The van der Waals surface area contributed by atoms with E-state index in [0.717, 1.165) is 0 Å². The van der Waals surface area contributed by atoms with Crippen LogP contribution in [0.1, 0.15) is 32.1 Å². The number of carbonyl (C=O) groups is 7. The zero-order valence-corrected chi connectivity index (χ0v) is 16.0. The van der Waals surface area contributed by atoms with Crippen molar-refractivity contribution in [3.05, 3.63) is 0 Å². The van der Waals surface area contributed by atoms with Crippen LogP contribution in [0.15, 0.2) is 0 Å². The second kappa shape index (κ2) is 11.6. The third-order valence-electron chi connectivity index (χ3n) is 3.80. The first-order valence-corrected chi connectivity index (χ1v) is 8.51. The van der Waals surface area contributed by atoms with Gasteiger partial charge in [0.05, 0.1) is 32.2 Å². The van der Waals surface area contributed by atoms with Crippen LogP contribution < -0.4 is 10.6 Å². The number of carboxylic acids is 4. The summed E-state index contributed by atoms with van der Waals surface area (Å²) >= 11 is 0. The second-order valence-electron chi connectivity index (χ2n) is 6.58. The Kier molecular flexibility index (Phi) is 10.2. The van der Waals surface area contributed by atoms with Gasteiger partial charge in [-0.3, -0.25) is 24.0 Å². The molecule has 2 atom stereocenters. The number of amides is 2. The highest BCUT2D eigenvalue weighted by molar-refractivity contribution is 5.92. The summed E-state index contributed by atoms with van der Waals surface area (Å²) < 4.78 is 0. The first-order chi connectivity index (χ1) is 14.1. The first kappa shape index (κ1) is 27.4. The van der Waals surface area contributed by atoms with Gasteiger partial charge in [0.15, 0.2) is 17.0 Å². The van der Waals surface area contributed by atoms with E-state index in [4.69, 9.17) is 20.4 Å². The maximum Gasteiger partial charge on any atom is 0.336 e. The molecule has 0 aromatic heterocycles. The number of aliphatic carboxylic acids is 4. The van der Waals surface area contributed by atoms with Crippen molar-refractivity contribution in [3.63, 3.8) is 0 Å². The predicted molar refractivity (Wildman–Crippen MR) is 94.6 cm³/mol. The molecule has 2 amide bonds. The highest BCUT2D eigenvalue weighted by Crippen LogP contribution is 2.17. The first-order valence-electron chi connectivity index (χ1n) is 8.51. The molecular formula is C16H22N2O13. The van der Waals surface area contributed by atoms with Gasteiger partial charge in [-0.2, -0.15) is 0 Å². The minimum atomic E-state index is -2.87. The average Bonchev–Trinajstić information content (AvgIpc) is 2.58. The summed E-state index contributed by atoms with van der Waals surface area (Å²) in [5.41, 5.74) is -5.71. The van der Waals surface area contributed by atoms with Gasteiger partial charge in [-0.1, -0.05) is 0 Å². The summed E-state index contributed by atoms with van der Waals surface area (Å²) in [6.45, 7) is -0.996. The van der Waals surface area contributed by atoms with Crippen LogP contribution in [0.25, 0.3) is 0 Å². The Bertz CT molecular complexity index is 765. The number of nitrogens with one attached hydrogen (secondary N) is 2. The zero-order valence-electron chi connectivity index (χ0n) is 16.0. The van der Waals surface area contributed by atoms with Crippen LogP contribution in [-0.2, 0) is 33.6 Å². The molecule has 15 heteroatoms. The fraction of sp³-hybridized carbons (Fsp3) is 0.562. The van der Waals surface area contributed by atoms with Gasteiger partial charge in [0.2, 0.25) is 11.8 Å². The topological polar surface area (TPSA) is 265 Å². The van der Waals surface area contributed by atoms with Gasteiger partial charge in [-0.15, -0.1) is 0 Å². The van der Waals surface area contributed by atoms with E-state index in [1.54, 1.807) is 0 Å². The average molecular weight is 450 g/mol. The maximum atomic E-state index is 11.7. The van der Waals surface area contributed by atoms with Crippen molar-refractivity contribution in [3.8, 4) is 0 Å². The summed E-state index contributed by atoms with van der Waals surface area (Å²) in [5.74, 6) is -10.0. The van der Waals surface area contributed by atoms with Crippen LogP contribution in [0.4, 0.5) is 0 Å². The smallest absolute Gasteiger partial charge is 0.336 e. The number of ketones is 1. The lowest BCUT2D eigenvalue weighted by molar-refractivity contribution is -0.167. The fourth-order valence-corrected chi connectivity index (χ4v) is 2.21. The van der Waals surface area contributed by atoms with E-state index in [9.17, 15) is 43.8 Å². The van der Waals surface area contributed by atoms with E-state index in [0.29, 0.717) is 0 Å². The molecule has 0 spiro atoms.